The van der Waals surface area contributed by atoms with Gasteiger partial charge in [0.2, 0.25) is 11.0 Å². The first-order valence-electron chi connectivity index (χ1n) is 7.57. The van der Waals surface area contributed by atoms with Gasteiger partial charge in [-0.25, -0.2) is 8.78 Å². The van der Waals surface area contributed by atoms with E-state index in [2.05, 4.69) is 26.9 Å². The predicted molar refractivity (Wildman–Crippen MR) is 102 cm³/mol. The SMILES string of the molecule is O=C(CSc1nnc(NCCc2cccs2)s1)Nc1cc(F)cc(F)c1. The first kappa shape index (κ1) is 18.7. The number of carbonyl (C=O) groups is 1. The van der Waals surface area contributed by atoms with Crippen LogP contribution in [0.25, 0.3) is 0 Å². The second-order valence-electron chi connectivity index (χ2n) is 5.12. The number of hydrogen-bond donors (Lipinski definition) is 2. The van der Waals surface area contributed by atoms with Gasteiger partial charge in [0.15, 0.2) is 4.34 Å². The number of hydrogen-bond acceptors (Lipinski definition) is 7. The van der Waals surface area contributed by atoms with Gasteiger partial charge in [-0.3, -0.25) is 4.79 Å². The molecule has 0 saturated heterocycles. The lowest BCUT2D eigenvalue weighted by molar-refractivity contribution is -0.113. The van der Waals surface area contributed by atoms with Gasteiger partial charge >= 0.3 is 0 Å². The third-order valence-electron chi connectivity index (χ3n) is 3.11. The highest BCUT2D eigenvalue weighted by Crippen LogP contribution is 2.25. The van der Waals surface area contributed by atoms with Crippen molar-refractivity contribution in [1.29, 1.82) is 0 Å². The molecular formula is C16H14F2N4OS3. The average molecular weight is 413 g/mol. The van der Waals surface area contributed by atoms with E-state index >= 15 is 0 Å². The summed E-state index contributed by atoms with van der Waals surface area (Å²) in [5.74, 6) is -1.78. The van der Waals surface area contributed by atoms with Crippen LogP contribution in [0.2, 0.25) is 0 Å². The number of thioether (sulfide) groups is 1. The topological polar surface area (TPSA) is 66.9 Å². The maximum absolute atomic E-state index is 13.1. The number of thiophene rings is 1. The summed E-state index contributed by atoms with van der Waals surface area (Å²) in [5.41, 5.74) is 0.0845. The molecule has 0 spiro atoms. The number of nitrogens with zero attached hydrogens (tertiary/aromatic N) is 2. The molecule has 0 fully saturated rings. The highest BCUT2D eigenvalue weighted by Gasteiger charge is 2.10. The predicted octanol–water partition coefficient (Wildman–Crippen LogP) is 4.26. The Morgan fingerprint density at radius 3 is 2.73 bits per heavy atom. The third kappa shape index (κ3) is 5.75. The largest absolute Gasteiger partial charge is 0.360 e. The van der Waals surface area contributed by atoms with Crippen LogP contribution in [0.5, 0.6) is 0 Å². The molecule has 0 aliphatic rings. The molecule has 10 heteroatoms. The number of amides is 1. The normalized spacial score (nSPS) is 10.7. The molecule has 5 nitrogen and oxygen atoms in total. The van der Waals surface area contributed by atoms with Crippen molar-refractivity contribution in [2.24, 2.45) is 0 Å². The molecule has 0 bridgehead atoms. The molecule has 1 amide bonds. The van der Waals surface area contributed by atoms with E-state index in [1.807, 2.05) is 11.4 Å². The van der Waals surface area contributed by atoms with Crippen LogP contribution in [0.3, 0.4) is 0 Å². The zero-order valence-corrected chi connectivity index (χ0v) is 15.8. The molecule has 26 heavy (non-hydrogen) atoms. The highest BCUT2D eigenvalue weighted by atomic mass is 32.2. The summed E-state index contributed by atoms with van der Waals surface area (Å²) < 4.78 is 26.9. The van der Waals surface area contributed by atoms with Gasteiger partial charge in [-0.05, 0) is 30.0 Å². The molecule has 0 unspecified atom stereocenters. The summed E-state index contributed by atoms with van der Waals surface area (Å²) >= 11 is 4.28. The summed E-state index contributed by atoms with van der Waals surface area (Å²) in [4.78, 5) is 13.2. The number of rotatable bonds is 8. The van der Waals surface area contributed by atoms with Gasteiger partial charge in [-0.1, -0.05) is 29.2 Å². The Bertz CT molecular complexity index is 850. The van der Waals surface area contributed by atoms with Crippen LogP contribution in [0.1, 0.15) is 4.88 Å². The molecule has 2 N–H and O–H groups in total. The lowest BCUT2D eigenvalue weighted by Crippen LogP contribution is -2.14. The van der Waals surface area contributed by atoms with E-state index in [1.165, 1.54) is 28.0 Å². The van der Waals surface area contributed by atoms with Crippen molar-refractivity contribution >= 4 is 51.2 Å². The van der Waals surface area contributed by atoms with Crippen LogP contribution < -0.4 is 10.6 Å². The summed E-state index contributed by atoms with van der Waals surface area (Å²) in [6.07, 6.45) is 0.909. The standard InChI is InChI=1S/C16H14F2N4OS3/c17-10-6-11(18)8-12(7-10)20-14(23)9-25-16-22-21-15(26-16)19-4-3-13-2-1-5-24-13/h1-2,5-8H,3-4,9H2,(H,19,21)(H,20,23). The smallest absolute Gasteiger partial charge is 0.234 e. The van der Waals surface area contributed by atoms with Gasteiger partial charge in [0.25, 0.3) is 0 Å². The van der Waals surface area contributed by atoms with Crippen molar-refractivity contribution in [3.05, 3.63) is 52.2 Å². The van der Waals surface area contributed by atoms with E-state index in [1.54, 1.807) is 11.3 Å². The van der Waals surface area contributed by atoms with Crippen LogP contribution in [0.4, 0.5) is 19.6 Å². The van der Waals surface area contributed by atoms with E-state index in [0.29, 0.717) is 9.47 Å². The third-order valence-corrected chi connectivity index (χ3v) is 6.06. The second kappa shape index (κ2) is 9.06. The summed E-state index contributed by atoms with van der Waals surface area (Å²) in [5, 5.41) is 16.4. The number of benzene rings is 1. The molecule has 0 atom stereocenters. The first-order valence-corrected chi connectivity index (χ1v) is 10.2. The van der Waals surface area contributed by atoms with Crippen molar-refractivity contribution in [2.45, 2.75) is 10.8 Å². The number of anilines is 2. The van der Waals surface area contributed by atoms with Crippen LogP contribution in [0, 0.1) is 11.6 Å². The average Bonchev–Trinajstić information content (AvgIpc) is 3.24. The van der Waals surface area contributed by atoms with Crippen LogP contribution >= 0.6 is 34.4 Å². The molecule has 0 saturated carbocycles. The highest BCUT2D eigenvalue weighted by molar-refractivity contribution is 8.01. The van der Waals surface area contributed by atoms with Crippen molar-refractivity contribution in [3.8, 4) is 0 Å². The number of aromatic nitrogens is 2. The molecule has 0 aliphatic carbocycles. The minimum atomic E-state index is -0.740. The number of carbonyl (C=O) groups excluding carboxylic acids is 1. The molecule has 1 aromatic carbocycles. The molecule has 2 aromatic heterocycles. The number of halogens is 2. The number of nitrogens with one attached hydrogen (secondary N) is 2. The fraction of sp³-hybridized carbons (Fsp3) is 0.188. The van der Waals surface area contributed by atoms with E-state index in [-0.39, 0.29) is 17.3 Å². The van der Waals surface area contributed by atoms with Crippen molar-refractivity contribution in [2.75, 3.05) is 22.9 Å². The Kier molecular flexibility index (Phi) is 6.53. The first-order chi connectivity index (χ1) is 12.6. The lowest BCUT2D eigenvalue weighted by atomic mass is 10.3. The van der Waals surface area contributed by atoms with Crippen LogP contribution in [0.15, 0.2) is 40.1 Å². The quantitative estimate of drug-likeness (QED) is 0.541. The van der Waals surface area contributed by atoms with Crippen molar-refractivity contribution < 1.29 is 13.6 Å². The van der Waals surface area contributed by atoms with Gasteiger partial charge in [0, 0.05) is 23.2 Å². The van der Waals surface area contributed by atoms with Crippen LogP contribution in [-0.4, -0.2) is 28.4 Å². The second-order valence-corrected chi connectivity index (χ2v) is 8.36. The van der Waals surface area contributed by atoms with Gasteiger partial charge in [0.1, 0.15) is 11.6 Å². The zero-order valence-electron chi connectivity index (χ0n) is 13.4. The fourth-order valence-electron chi connectivity index (χ4n) is 2.04. The van der Waals surface area contributed by atoms with E-state index in [4.69, 9.17) is 0 Å². The van der Waals surface area contributed by atoms with E-state index in [9.17, 15) is 13.6 Å². The Balaban J connectivity index is 1.43. The van der Waals surface area contributed by atoms with Gasteiger partial charge in [-0.2, -0.15) is 0 Å². The Hall–Kier alpha value is -2.04. The van der Waals surface area contributed by atoms with E-state index in [0.717, 1.165) is 31.2 Å². The van der Waals surface area contributed by atoms with Crippen molar-refractivity contribution in [1.82, 2.24) is 10.2 Å². The van der Waals surface area contributed by atoms with Gasteiger partial charge in [-0.15, -0.1) is 21.5 Å². The summed E-state index contributed by atoms with van der Waals surface area (Å²) in [7, 11) is 0. The molecule has 0 aliphatic heterocycles. The molecular weight excluding hydrogens is 398 g/mol. The maximum Gasteiger partial charge on any atom is 0.234 e. The van der Waals surface area contributed by atoms with E-state index < -0.39 is 11.6 Å². The summed E-state index contributed by atoms with van der Waals surface area (Å²) in [6, 6.07) is 6.97. The fourth-order valence-corrected chi connectivity index (χ4v) is 4.32. The summed E-state index contributed by atoms with van der Waals surface area (Å²) in [6.45, 7) is 0.755. The minimum Gasteiger partial charge on any atom is -0.360 e. The molecule has 0 radical (unpaired) electrons. The minimum absolute atomic E-state index is 0.0714. The molecule has 3 aromatic rings. The maximum atomic E-state index is 13.1. The van der Waals surface area contributed by atoms with Gasteiger partial charge < -0.3 is 10.6 Å². The molecule has 3 rings (SSSR count). The zero-order chi connectivity index (χ0) is 18.4. The monoisotopic (exact) mass is 412 g/mol. The molecule has 136 valence electrons. The Morgan fingerprint density at radius 1 is 1.19 bits per heavy atom. The van der Waals surface area contributed by atoms with Gasteiger partial charge in [0.05, 0.1) is 5.75 Å². The lowest BCUT2D eigenvalue weighted by Gasteiger charge is -2.04. The van der Waals surface area contributed by atoms with Crippen LogP contribution in [-0.2, 0) is 11.2 Å². The Morgan fingerprint density at radius 2 is 2.00 bits per heavy atom. The Labute approximate surface area is 160 Å². The van der Waals surface area contributed by atoms with Crippen molar-refractivity contribution in [3.63, 3.8) is 0 Å². The molecule has 2 heterocycles.